The van der Waals surface area contributed by atoms with E-state index in [4.69, 9.17) is 0 Å². The first-order chi connectivity index (χ1) is 16.3. The van der Waals surface area contributed by atoms with Crippen LogP contribution in [0, 0.1) is 19.3 Å². The molecular formula is C25H42N4O5S. The number of nitrogens with one attached hydrogen (secondary N) is 3. The third kappa shape index (κ3) is 7.49. The molecule has 1 aromatic carbocycles. The summed E-state index contributed by atoms with van der Waals surface area (Å²) in [4.78, 5) is 26.8. The summed E-state index contributed by atoms with van der Waals surface area (Å²) in [7, 11) is -3.13. The number of rotatable bonds is 11. The Labute approximate surface area is 210 Å². The summed E-state index contributed by atoms with van der Waals surface area (Å²) >= 11 is 0. The lowest BCUT2D eigenvalue weighted by Gasteiger charge is -2.28. The summed E-state index contributed by atoms with van der Waals surface area (Å²) < 4.78 is 33.8. The van der Waals surface area contributed by atoms with Gasteiger partial charge in [0.05, 0.1) is 24.2 Å². The van der Waals surface area contributed by atoms with Crippen LogP contribution in [0.1, 0.15) is 82.9 Å². The molecule has 2 rings (SSSR count). The highest BCUT2D eigenvalue weighted by Crippen LogP contribution is 2.45. The highest BCUT2D eigenvalue weighted by molar-refractivity contribution is 7.91. The van der Waals surface area contributed by atoms with E-state index in [1.165, 1.54) is 25.7 Å². The number of carbonyl (C=O) groups excluding carboxylic acids is 2. The first kappa shape index (κ1) is 28.7. The van der Waals surface area contributed by atoms with E-state index in [2.05, 4.69) is 26.6 Å². The number of carbonyl (C=O) groups is 2. The molecule has 0 fully saturated rings. The summed E-state index contributed by atoms with van der Waals surface area (Å²) in [6.45, 7) is 13.1. The molecule has 198 valence electrons. The van der Waals surface area contributed by atoms with Crippen LogP contribution >= 0.6 is 0 Å². The van der Waals surface area contributed by atoms with Crippen LogP contribution in [0.5, 0.6) is 0 Å². The van der Waals surface area contributed by atoms with Gasteiger partial charge < -0.3 is 15.0 Å². The monoisotopic (exact) mass is 510 g/mol. The number of amides is 2. The predicted octanol–water partition coefficient (Wildman–Crippen LogP) is 5.02. The molecular weight excluding hydrogens is 468 g/mol. The van der Waals surface area contributed by atoms with E-state index in [-0.39, 0.29) is 5.91 Å². The quantitative estimate of drug-likeness (QED) is 0.360. The third-order valence-electron chi connectivity index (χ3n) is 6.39. The number of methoxy groups -OCH3 is 1. The molecule has 0 radical (unpaired) electrons. The van der Waals surface area contributed by atoms with Crippen molar-refractivity contribution in [2.75, 3.05) is 35.1 Å². The van der Waals surface area contributed by atoms with Crippen LogP contribution in [0.3, 0.4) is 0 Å². The number of unbranched alkanes of at least 4 members (excludes halogenated alkanes) is 5. The van der Waals surface area contributed by atoms with E-state index in [1.807, 2.05) is 32.4 Å². The molecule has 1 aliphatic heterocycles. The van der Waals surface area contributed by atoms with Gasteiger partial charge in [-0.05, 0) is 43.4 Å². The SMILES string of the molecule is CCCCCCCCN1CCc2c(C)c(NS(=O)(=O)NC(=O)OC)c(C)c(NC(=O)C(C)(C)C)c21. The van der Waals surface area contributed by atoms with Gasteiger partial charge in [-0.3, -0.25) is 9.52 Å². The van der Waals surface area contributed by atoms with Crippen molar-refractivity contribution >= 4 is 39.3 Å². The summed E-state index contributed by atoms with van der Waals surface area (Å²) in [5.74, 6) is -0.153. The Kier molecular flexibility index (Phi) is 9.83. The molecule has 3 N–H and O–H groups in total. The molecule has 1 aromatic rings. The number of ether oxygens (including phenoxy) is 1. The van der Waals surface area contributed by atoms with E-state index < -0.39 is 21.7 Å². The molecule has 0 saturated carbocycles. The van der Waals surface area contributed by atoms with Gasteiger partial charge >= 0.3 is 16.3 Å². The Hall–Kier alpha value is -2.49. The minimum atomic E-state index is -4.22. The van der Waals surface area contributed by atoms with Crippen molar-refractivity contribution in [3.05, 3.63) is 16.7 Å². The lowest BCUT2D eigenvalue weighted by molar-refractivity contribution is -0.123. The first-order valence-corrected chi connectivity index (χ1v) is 13.9. The molecule has 0 aliphatic carbocycles. The van der Waals surface area contributed by atoms with Crippen LogP contribution in [0.25, 0.3) is 0 Å². The Morgan fingerprint density at radius 3 is 2.23 bits per heavy atom. The summed E-state index contributed by atoms with van der Waals surface area (Å²) in [5, 5.41) is 3.08. The van der Waals surface area contributed by atoms with Gasteiger partial charge in [-0.15, -0.1) is 0 Å². The zero-order valence-electron chi connectivity index (χ0n) is 22.3. The Morgan fingerprint density at radius 1 is 1.00 bits per heavy atom. The molecule has 1 aliphatic rings. The van der Waals surface area contributed by atoms with E-state index in [1.54, 1.807) is 6.92 Å². The topological polar surface area (TPSA) is 117 Å². The van der Waals surface area contributed by atoms with Crippen LogP contribution in [0.4, 0.5) is 21.9 Å². The predicted molar refractivity (Wildman–Crippen MR) is 141 cm³/mol. The molecule has 9 nitrogen and oxygen atoms in total. The van der Waals surface area contributed by atoms with Crippen LogP contribution in [0.15, 0.2) is 0 Å². The van der Waals surface area contributed by atoms with E-state index in [0.29, 0.717) is 16.9 Å². The number of benzene rings is 1. The number of hydrogen-bond donors (Lipinski definition) is 3. The number of anilines is 3. The zero-order chi connectivity index (χ0) is 26.4. The number of nitrogens with zero attached hydrogens (tertiary/aromatic N) is 1. The first-order valence-electron chi connectivity index (χ1n) is 12.4. The average Bonchev–Trinajstić information content (AvgIpc) is 3.19. The molecule has 0 aromatic heterocycles. The van der Waals surface area contributed by atoms with Gasteiger partial charge in [0, 0.05) is 18.5 Å². The Balaban J connectivity index is 2.44. The van der Waals surface area contributed by atoms with Gasteiger partial charge in [-0.2, -0.15) is 8.42 Å². The molecule has 35 heavy (non-hydrogen) atoms. The Morgan fingerprint density at radius 2 is 1.63 bits per heavy atom. The second-order valence-corrected chi connectivity index (χ2v) is 11.7. The van der Waals surface area contributed by atoms with Crippen molar-refractivity contribution in [3.8, 4) is 0 Å². The van der Waals surface area contributed by atoms with Gasteiger partial charge in [-0.1, -0.05) is 59.8 Å². The summed E-state index contributed by atoms with van der Waals surface area (Å²) in [6, 6.07) is 0. The highest BCUT2D eigenvalue weighted by Gasteiger charge is 2.32. The second kappa shape index (κ2) is 12.0. The van der Waals surface area contributed by atoms with Crippen molar-refractivity contribution in [1.29, 1.82) is 0 Å². The third-order valence-corrected chi connectivity index (χ3v) is 7.30. The van der Waals surface area contributed by atoms with Crippen molar-refractivity contribution < 1.29 is 22.7 Å². The van der Waals surface area contributed by atoms with Crippen LogP contribution in [0.2, 0.25) is 0 Å². The average molecular weight is 511 g/mol. The van der Waals surface area contributed by atoms with Crippen LogP contribution < -0.4 is 19.7 Å². The molecule has 10 heteroatoms. The fourth-order valence-corrected chi connectivity index (χ4v) is 5.23. The molecule has 0 saturated heterocycles. The van der Waals surface area contributed by atoms with Crippen molar-refractivity contribution in [2.24, 2.45) is 5.41 Å². The van der Waals surface area contributed by atoms with Crippen LogP contribution in [-0.4, -0.2) is 40.6 Å². The van der Waals surface area contributed by atoms with Gasteiger partial charge in [-0.25, -0.2) is 9.52 Å². The molecule has 0 atom stereocenters. The molecule has 2 amide bonds. The largest absolute Gasteiger partial charge is 0.452 e. The van der Waals surface area contributed by atoms with Gasteiger partial charge in [0.2, 0.25) is 5.91 Å². The smallest absolute Gasteiger partial charge is 0.422 e. The van der Waals surface area contributed by atoms with E-state index in [0.717, 1.165) is 56.3 Å². The van der Waals surface area contributed by atoms with Crippen molar-refractivity contribution in [3.63, 3.8) is 0 Å². The lowest BCUT2D eigenvalue weighted by atomic mass is 9.94. The Bertz CT molecular complexity index is 1030. The summed E-state index contributed by atoms with van der Waals surface area (Å²) in [5.41, 5.74) is 3.70. The fraction of sp³-hybridized carbons (Fsp3) is 0.680. The second-order valence-electron chi connectivity index (χ2n) is 10.2. The number of fused-ring (bicyclic) bond motifs is 1. The molecule has 0 unspecified atom stereocenters. The van der Waals surface area contributed by atoms with Gasteiger partial charge in [0.15, 0.2) is 0 Å². The fourth-order valence-electron chi connectivity index (χ4n) is 4.30. The highest BCUT2D eigenvalue weighted by atomic mass is 32.2. The van der Waals surface area contributed by atoms with Gasteiger partial charge in [0.1, 0.15) is 0 Å². The van der Waals surface area contributed by atoms with Crippen molar-refractivity contribution in [2.45, 2.75) is 86.5 Å². The maximum atomic E-state index is 13.0. The lowest BCUT2D eigenvalue weighted by Crippen LogP contribution is -2.36. The number of hydrogen-bond acceptors (Lipinski definition) is 6. The molecule has 1 heterocycles. The maximum Gasteiger partial charge on any atom is 0.422 e. The minimum Gasteiger partial charge on any atom is -0.452 e. The molecule has 0 spiro atoms. The van der Waals surface area contributed by atoms with Crippen molar-refractivity contribution in [1.82, 2.24) is 4.72 Å². The zero-order valence-corrected chi connectivity index (χ0v) is 23.1. The normalized spacial score (nSPS) is 13.4. The van der Waals surface area contributed by atoms with E-state index >= 15 is 0 Å². The summed E-state index contributed by atoms with van der Waals surface area (Å²) in [6.07, 6.45) is 6.83. The van der Waals surface area contributed by atoms with Crippen LogP contribution in [-0.2, 0) is 26.2 Å². The van der Waals surface area contributed by atoms with Gasteiger partial charge in [0.25, 0.3) is 0 Å². The minimum absolute atomic E-state index is 0.153. The standard InChI is InChI=1S/C25H42N4O5S/c1-8-9-10-11-12-13-15-29-16-14-19-17(2)20(27-35(32,33)28-24(31)34-7)18(3)21(22(19)29)26-23(30)25(4,5)6/h27H,8-16H2,1-7H3,(H,26,30)(H,28,31). The maximum absolute atomic E-state index is 13.0. The van der Waals surface area contributed by atoms with E-state index in [9.17, 15) is 18.0 Å². The molecule has 0 bridgehead atoms.